The zero-order valence-electron chi connectivity index (χ0n) is 20.9. The van der Waals surface area contributed by atoms with Crippen molar-refractivity contribution in [3.63, 3.8) is 0 Å². The molecule has 0 radical (unpaired) electrons. The van der Waals surface area contributed by atoms with E-state index >= 15 is 0 Å². The molecule has 1 saturated heterocycles. The number of nitrogens with zero attached hydrogens (tertiary/aromatic N) is 2. The zero-order chi connectivity index (χ0) is 26.7. The first kappa shape index (κ1) is 26.7. The van der Waals surface area contributed by atoms with Crippen LogP contribution < -0.4 is 4.74 Å². The second-order valence-electron chi connectivity index (χ2n) is 9.27. The molecule has 0 bridgehead atoms. The fourth-order valence-corrected chi connectivity index (χ4v) is 4.59. The van der Waals surface area contributed by atoms with Gasteiger partial charge in [0.2, 0.25) is 0 Å². The Kier molecular flexibility index (Phi) is 8.22. The first-order valence-corrected chi connectivity index (χ1v) is 12.6. The lowest BCUT2D eigenvalue weighted by atomic mass is 9.95. The molecule has 192 valence electrons. The summed E-state index contributed by atoms with van der Waals surface area (Å²) in [6, 6.07) is 19.0. The molecular weight excluding hydrogens is 511 g/mol. The molecule has 37 heavy (non-hydrogen) atoms. The number of ether oxygens (including phenoxy) is 1. The standard InChI is InChI=1S/C29H28Cl2N2O4/c1-18-5-4-6-19(15-18)17-37-22-10-7-20(8-11-22)27(34)25-26(21-9-12-23(30)24(31)16-21)33(14-13-32(2)3)29(36)28(25)35/h4-12,15-16,26,34H,13-14,17H2,1-3H3/b27-25-. The van der Waals surface area contributed by atoms with Crippen LogP contribution >= 0.6 is 23.2 Å². The molecule has 0 aliphatic carbocycles. The van der Waals surface area contributed by atoms with Crippen LogP contribution in [0.1, 0.15) is 28.3 Å². The number of hydrogen-bond acceptors (Lipinski definition) is 5. The first-order chi connectivity index (χ1) is 17.7. The minimum Gasteiger partial charge on any atom is -0.507 e. The number of carbonyl (C=O) groups excluding carboxylic acids is 2. The van der Waals surface area contributed by atoms with Crippen molar-refractivity contribution in [3.8, 4) is 5.75 Å². The molecule has 3 aromatic carbocycles. The number of aliphatic hydroxyl groups excluding tert-OH is 1. The Hall–Kier alpha value is -3.32. The van der Waals surface area contributed by atoms with Gasteiger partial charge in [0.05, 0.1) is 21.7 Å². The number of aliphatic hydroxyl groups is 1. The maximum absolute atomic E-state index is 13.2. The van der Waals surface area contributed by atoms with Crippen LogP contribution in [-0.2, 0) is 16.2 Å². The van der Waals surface area contributed by atoms with Crippen LogP contribution in [0, 0.1) is 6.92 Å². The van der Waals surface area contributed by atoms with E-state index in [1.807, 2.05) is 44.1 Å². The number of halogens is 2. The SMILES string of the molecule is Cc1cccc(COc2ccc(/C(O)=C3/C(=O)C(=O)N(CCN(C)C)C3c3ccc(Cl)c(Cl)c3)cc2)c1. The summed E-state index contributed by atoms with van der Waals surface area (Å²) in [4.78, 5) is 29.6. The summed E-state index contributed by atoms with van der Waals surface area (Å²) < 4.78 is 5.87. The van der Waals surface area contributed by atoms with E-state index in [4.69, 9.17) is 27.9 Å². The average molecular weight is 539 g/mol. The van der Waals surface area contributed by atoms with Gasteiger partial charge < -0.3 is 19.6 Å². The Labute approximate surface area is 226 Å². The van der Waals surface area contributed by atoms with Crippen LogP contribution in [-0.4, -0.2) is 53.8 Å². The number of ketones is 1. The van der Waals surface area contributed by atoms with E-state index < -0.39 is 17.7 Å². The molecule has 1 atom stereocenters. The molecule has 8 heteroatoms. The predicted octanol–water partition coefficient (Wildman–Crippen LogP) is 5.86. The lowest BCUT2D eigenvalue weighted by Gasteiger charge is -2.26. The van der Waals surface area contributed by atoms with Crippen LogP contribution in [0.4, 0.5) is 0 Å². The van der Waals surface area contributed by atoms with Gasteiger partial charge >= 0.3 is 0 Å². The molecule has 1 aliphatic rings. The third-order valence-corrected chi connectivity index (χ3v) is 6.94. The number of amides is 1. The van der Waals surface area contributed by atoms with Crippen molar-refractivity contribution in [2.24, 2.45) is 0 Å². The summed E-state index contributed by atoms with van der Waals surface area (Å²) in [6.45, 7) is 3.26. The Bertz CT molecular complexity index is 1350. The average Bonchev–Trinajstić information content (AvgIpc) is 3.12. The van der Waals surface area contributed by atoms with Gasteiger partial charge in [-0.1, -0.05) is 59.1 Å². The normalized spacial score (nSPS) is 17.0. The molecule has 0 saturated carbocycles. The van der Waals surface area contributed by atoms with Crippen LogP contribution in [0.5, 0.6) is 5.75 Å². The largest absolute Gasteiger partial charge is 0.507 e. The van der Waals surface area contributed by atoms with Gasteiger partial charge in [-0.25, -0.2) is 0 Å². The number of likely N-dealkylation sites (tertiary alicyclic amines) is 1. The molecular formula is C29H28Cl2N2O4. The Morgan fingerprint density at radius 1 is 1.00 bits per heavy atom. The van der Waals surface area contributed by atoms with Gasteiger partial charge in [-0.05, 0) is 68.5 Å². The van der Waals surface area contributed by atoms with Crippen molar-refractivity contribution in [2.45, 2.75) is 19.6 Å². The lowest BCUT2D eigenvalue weighted by molar-refractivity contribution is -0.140. The number of likely N-dealkylation sites (N-methyl/N-ethyl adjacent to an activating group) is 1. The smallest absolute Gasteiger partial charge is 0.295 e. The lowest BCUT2D eigenvalue weighted by Crippen LogP contribution is -2.35. The number of Topliss-reactive ketones (excluding diaryl/α,β-unsaturated/α-hetero) is 1. The van der Waals surface area contributed by atoms with Crippen LogP contribution in [0.2, 0.25) is 10.0 Å². The van der Waals surface area contributed by atoms with Gasteiger partial charge in [0.15, 0.2) is 0 Å². The number of aryl methyl sites for hydroxylation is 1. The maximum atomic E-state index is 13.2. The zero-order valence-corrected chi connectivity index (χ0v) is 22.4. The van der Waals surface area contributed by atoms with Crippen molar-refractivity contribution in [3.05, 3.63) is 105 Å². The monoisotopic (exact) mass is 538 g/mol. The van der Waals surface area contributed by atoms with E-state index in [-0.39, 0.29) is 11.3 Å². The molecule has 1 heterocycles. The van der Waals surface area contributed by atoms with E-state index in [0.29, 0.717) is 46.6 Å². The van der Waals surface area contributed by atoms with Gasteiger partial charge in [0.25, 0.3) is 11.7 Å². The Morgan fingerprint density at radius 3 is 2.38 bits per heavy atom. The Morgan fingerprint density at radius 2 is 1.73 bits per heavy atom. The van der Waals surface area contributed by atoms with Crippen molar-refractivity contribution in [2.75, 3.05) is 27.2 Å². The molecule has 1 unspecified atom stereocenters. The second kappa shape index (κ2) is 11.4. The van der Waals surface area contributed by atoms with Gasteiger partial charge in [-0.3, -0.25) is 9.59 Å². The fraction of sp³-hybridized carbons (Fsp3) is 0.241. The summed E-state index contributed by atoms with van der Waals surface area (Å²) in [5.74, 6) is -1.05. The highest BCUT2D eigenvalue weighted by atomic mass is 35.5. The number of rotatable bonds is 8. The van der Waals surface area contributed by atoms with Gasteiger partial charge in [-0.2, -0.15) is 0 Å². The highest BCUT2D eigenvalue weighted by Crippen LogP contribution is 2.41. The highest BCUT2D eigenvalue weighted by Gasteiger charge is 2.46. The summed E-state index contributed by atoms with van der Waals surface area (Å²) in [5.41, 5.74) is 3.20. The molecule has 0 spiro atoms. The van der Waals surface area contributed by atoms with Crippen molar-refractivity contribution < 1.29 is 19.4 Å². The molecule has 3 aromatic rings. The topological polar surface area (TPSA) is 70.1 Å². The summed E-state index contributed by atoms with van der Waals surface area (Å²) >= 11 is 12.4. The van der Waals surface area contributed by atoms with E-state index in [1.165, 1.54) is 4.90 Å². The number of hydrogen-bond donors (Lipinski definition) is 1. The molecule has 1 N–H and O–H groups in total. The molecule has 1 aliphatic heterocycles. The minimum atomic E-state index is -0.799. The van der Waals surface area contributed by atoms with E-state index in [0.717, 1.165) is 11.1 Å². The van der Waals surface area contributed by atoms with E-state index in [1.54, 1.807) is 42.5 Å². The molecule has 4 rings (SSSR count). The summed E-state index contributed by atoms with van der Waals surface area (Å²) in [7, 11) is 3.76. The summed E-state index contributed by atoms with van der Waals surface area (Å²) in [5, 5.41) is 11.9. The molecule has 0 aromatic heterocycles. The molecule has 1 fully saturated rings. The fourth-order valence-electron chi connectivity index (χ4n) is 4.28. The third-order valence-electron chi connectivity index (χ3n) is 6.20. The highest BCUT2D eigenvalue weighted by molar-refractivity contribution is 6.46. The molecule has 6 nitrogen and oxygen atoms in total. The second-order valence-corrected chi connectivity index (χ2v) is 10.1. The Balaban J connectivity index is 1.66. The molecule has 1 amide bonds. The van der Waals surface area contributed by atoms with Crippen molar-refractivity contribution in [1.29, 1.82) is 0 Å². The van der Waals surface area contributed by atoms with Crippen LogP contribution in [0.25, 0.3) is 5.76 Å². The van der Waals surface area contributed by atoms with E-state index in [9.17, 15) is 14.7 Å². The van der Waals surface area contributed by atoms with Crippen molar-refractivity contribution in [1.82, 2.24) is 9.80 Å². The maximum Gasteiger partial charge on any atom is 0.295 e. The van der Waals surface area contributed by atoms with Crippen molar-refractivity contribution >= 4 is 40.7 Å². The van der Waals surface area contributed by atoms with E-state index in [2.05, 4.69) is 6.07 Å². The third kappa shape index (κ3) is 5.99. The number of carbonyl (C=O) groups is 2. The van der Waals surface area contributed by atoms with Crippen LogP contribution in [0.15, 0.2) is 72.3 Å². The number of benzene rings is 3. The minimum absolute atomic E-state index is 0.00979. The van der Waals surface area contributed by atoms with Gasteiger partial charge in [0.1, 0.15) is 18.1 Å². The van der Waals surface area contributed by atoms with Gasteiger partial charge in [0, 0.05) is 18.7 Å². The van der Waals surface area contributed by atoms with Crippen LogP contribution in [0.3, 0.4) is 0 Å². The predicted molar refractivity (Wildman–Crippen MR) is 146 cm³/mol. The van der Waals surface area contributed by atoms with Gasteiger partial charge in [-0.15, -0.1) is 0 Å². The quantitative estimate of drug-likeness (QED) is 0.221. The summed E-state index contributed by atoms with van der Waals surface area (Å²) in [6.07, 6.45) is 0. The first-order valence-electron chi connectivity index (χ1n) is 11.8.